The monoisotopic (exact) mass is 283 g/mol. The smallest absolute Gasteiger partial charge is 0.0472 e. The maximum Gasteiger partial charge on any atom is 0.0472 e. The lowest BCUT2D eigenvalue weighted by molar-refractivity contribution is 0.834. The van der Waals surface area contributed by atoms with Crippen LogP contribution in [0, 0.1) is 0 Å². The molecule has 0 unspecified atom stereocenters. The predicted octanol–water partition coefficient (Wildman–Crippen LogP) is 3.29. The molecule has 1 aromatic rings. The van der Waals surface area contributed by atoms with Gasteiger partial charge in [0.2, 0.25) is 0 Å². The van der Waals surface area contributed by atoms with E-state index in [1.165, 1.54) is 4.88 Å². The lowest BCUT2D eigenvalue weighted by Gasteiger charge is -2.00. The van der Waals surface area contributed by atoms with Crippen molar-refractivity contribution in [2.75, 3.05) is 0 Å². The molecule has 56 valence electrons. The molecule has 1 nitrogen and oxygen atoms in total. The standard InChI is InChI=1S/C6H7Br2NS/c1-3(9)6-5(8)4(7)2-10-6/h2-3H,9H2,1H3/t3-/m1/s1. The summed E-state index contributed by atoms with van der Waals surface area (Å²) >= 11 is 8.49. The summed E-state index contributed by atoms with van der Waals surface area (Å²) < 4.78 is 2.18. The van der Waals surface area contributed by atoms with E-state index in [1.807, 2.05) is 12.3 Å². The highest BCUT2D eigenvalue weighted by Gasteiger charge is 2.09. The van der Waals surface area contributed by atoms with Crippen molar-refractivity contribution in [1.29, 1.82) is 0 Å². The van der Waals surface area contributed by atoms with Gasteiger partial charge in [0, 0.05) is 25.2 Å². The van der Waals surface area contributed by atoms with Crippen LogP contribution >= 0.6 is 43.2 Å². The third kappa shape index (κ3) is 1.61. The molecule has 0 fully saturated rings. The van der Waals surface area contributed by atoms with Crippen molar-refractivity contribution in [3.05, 3.63) is 19.2 Å². The molecule has 0 saturated heterocycles. The molecule has 0 saturated carbocycles. The van der Waals surface area contributed by atoms with Crippen LogP contribution in [0.15, 0.2) is 14.3 Å². The maximum absolute atomic E-state index is 5.69. The van der Waals surface area contributed by atoms with Gasteiger partial charge in [-0.2, -0.15) is 0 Å². The summed E-state index contributed by atoms with van der Waals surface area (Å²) in [5.41, 5.74) is 5.69. The summed E-state index contributed by atoms with van der Waals surface area (Å²) in [5.74, 6) is 0. The van der Waals surface area contributed by atoms with Gasteiger partial charge in [0.15, 0.2) is 0 Å². The first-order valence-corrected chi connectivity index (χ1v) is 5.27. The minimum Gasteiger partial charge on any atom is -0.323 e. The molecule has 10 heavy (non-hydrogen) atoms. The van der Waals surface area contributed by atoms with Gasteiger partial charge in [-0.25, -0.2) is 0 Å². The van der Waals surface area contributed by atoms with E-state index in [-0.39, 0.29) is 6.04 Å². The van der Waals surface area contributed by atoms with Crippen LogP contribution in [0.2, 0.25) is 0 Å². The van der Waals surface area contributed by atoms with Crippen LogP contribution < -0.4 is 5.73 Å². The number of halogens is 2. The largest absolute Gasteiger partial charge is 0.323 e. The molecule has 1 aromatic heterocycles. The number of hydrogen-bond donors (Lipinski definition) is 1. The lowest BCUT2D eigenvalue weighted by Crippen LogP contribution is -2.02. The summed E-state index contributed by atoms with van der Waals surface area (Å²) in [5, 5.41) is 2.03. The Hall–Kier alpha value is 0.620. The van der Waals surface area contributed by atoms with Gasteiger partial charge in [0.25, 0.3) is 0 Å². The van der Waals surface area contributed by atoms with E-state index in [4.69, 9.17) is 5.73 Å². The molecule has 4 heteroatoms. The Kier molecular flexibility index (Phi) is 2.91. The van der Waals surface area contributed by atoms with E-state index in [9.17, 15) is 0 Å². The normalized spacial score (nSPS) is 13.6. The molecule has 0 aliphatic carbocycles. The van der Waals surface area contributed by atoms with Crippen molar-refractivity contribution in [1.82, 2.24) is 0 Å². The molecule has 0 amide bonds. The number of rotatable bonds is 1. The van der Waals surface area contributed by atoms with Gasteiger partial charge in [-0.05, 0) is 38.8 Å². The van der Waals surface area contributed by atoms with Crippen molar-refractivity contribution in [2.24, 2.45) is 5.73 Å². The average Bonchev–Trinajstić information content (AvgIpc) is 2.14. The highest BCUT2D eigenvalue weighted by Crippen LogP contribution is 2.35. The van der Waals surface area contributed by atoms with Crippen molar-refractivity contribution >= 4 is 43.2 Å². The first kappa shape index (κ1) is 8.71. The zero-order valence-corrected chi connectivity index (χ0v) is 9.38. The van der Waals surface area contributed by atoms with E-state index in [0.717, 1.165) is 8.95 Å². The predicted molar refractivity (Wildman–Crippen MR) is 52.3 cm³/mol. The molecule has 1 atom stereocenters. The van der Waals surface area contributed by atoms with Crippen LogP contribution in [0.4, 0.5) is 0 Å². The third-order valence-corrected chi connectivity index (χ3v) is 4.89. The van der Waals surface area contributed by atoms with Gasteiger partial charge in [-0.1, -0.05) is 0 Å². The molecule has 1 heterocycles. The zero-order valence-electron chi connectivity index (χ0n) is 5.40. The number of thiophene rings is 1. The molecule has 1 rings (SSSR count). The van der Waals surface area contributed by atoms with Gasteiger partial charge in [-0.3, -0.25) is 0 Å². The van der Waals surface area contributed by atoms with E-state index in [0.29, 0.717) is 0 Å². The van der Waals surface area contributed by atoms with Crippen molar-refractivity contribution in [2.45, 2.75) is 13.0 Å². The first-order chi connectivity index (χ1) is 4.63. The molecule has 0 aliphatic heterocycles. The van der Waals surface area contributed by atoms with Crippen molar-refractivity contribution in [3.63, 3.8) is 0 Å². The van der Waals surface area contributed by atoms with Gasteiger partial charge < -0.3 is 5.73 Å². The molecular weight excluding hydrogens is 278 g/mol. The molecular formula is C6H7Br2NS. The van der Waals surface area contributed by atoms with E-state index < -0.39 is 0 Å². The molecule has 0 bridgehead atoms. The molecule has 0 radical (unpaired) electrons. The fraction of sp³-hybridized carbons (Fsp3) is 0.333. The Labute approximate surface area is 80.9 Å². The second kappa shape index (κ2) is 3.34. The van der Waals surface area contributed by atoms with E-state index in [1.54, 1.807) is 11.3 Å². The Morgan fingerprint density at radius 1 is 1.60 bits per heavy atom. The van der Waals surface area contributed by atoms with Crippen molar-refractivity contribution < 1.29 is 0 Å². The minimum absolute atomic E-state index is 0.116. The Bertz CT molecular complexity index is 232. The summed E-state index contributed by atoms with van der Waals surface area (Å²) in [7, 11) is 0. The Morgan fingerprint density at radius 3 is 2.40 bits per heavy atom. The van der Waals surface area contributed by atoms with E-state index >= 15 is 0 Å². The van der Waals surface area contributed by atoms with Crippen LogP contribution in [0.1, 0.15) is 17.8 Å². The number of nitrogens with two attached hydrogens (primary N) is 1. The quantitative estimate of drug-likeness (QED) is 0.841. The first-order valence-electron chi connectivity index (χ1n) is 2.81. The van der Waals surface area contributed by atoms with Gasteiger partial charge >= 0.3 is 0 Å². The topological polar surface area (TPSA) is 26.0 Å². The molecule has 0 aromatic carbocycles. The highest BCUT2D eigenvalue weighted by atomic mass is 79.9. The Morgan fingerprint density at radius 2 is 2.20 bits per heavy atom. The maximum atomic E-state index is 5.69. The highest BCUT2D eigenvalue weighted by molar-refractivity contribution is 9.13. The van der Waals surface area contributed by atoms with Gasteiger partial charge in [0.05, 0.1) is 0 Å². The van der Waals surface area contributed by atoms with Crippen LogP contribution in [-0.2, 0) is 0 Å². The summed E-state index contributed by atoms with van der Waals surface area (Å²) in [6.45, 7) is 1.98. The van der Waals surface area contributed by atoms with Crippen LogP contribution in [0.5, 0.6) is 0 Å². The Balaban J connectivity index is 3.05. The third-order valence-electron chi connectivity index (χ3n) is 1.13. The number of hydrogen-bond acceptors (Lipinski definition) is 2. The second-order valence-corrected chi connectivity index (χ2v) is 4.61. The summed E-state index contributed by atoms with van der Waals surface area (Å²) in [6, 6.07) is 0.116. The minimum atomic E-state index is 0.116. The average molecular weight is 285 g/mol. The summed E-state index contributed by atoms with van der Waals surface area (Å²) in [6.07, 6.45) is 0. The zero-order chi connectivity index (χ0) is 7.72. The van der Waals surface area contributed by atoms with Gasteiger partial charge in [0.1, 0.15) is 0 Å². The van der Waals surface area contributed by atoms with Crippen LogP contribution in [0.25, 0.3) is 0 Å². The molecule has 0 spiro atoms. The fourth-order valence-electron chi connectivity index (χ4n) is 0.644. The van der Waals surface area contributed by atoms with Crippen LogP contribution in [-0.4, -0.2) is 0 Å². The second-order valence-electron chi connectivity index (χ2n) is 2.05. The summed E-state index contributed by atoms with van der Waals surface area (Å²) in [4.78, 5) is 1.19. The molecule has 0 aliphatic rings. The lowest BCUT2D eigenvalue weighted by atomic mass is 10.3. The molecule has 2 N–H and O–H groups in total. The van der Waals surface area contributed by atoms with Crippen LogP contribution in [0.3, 0.4) is 0 Å². The van der Waals surface area contributed by atoms with E-state index in [2.05, 4.69) is 31.9 Å². The fourth-order valence-corrected chi connectivity index (χ4v) is 2.95. The van der Waals surface area contributed by atoms with Gasteiger partial charge in [-0.15, -0.1) is 11.3 Å². The van der Waals surface area contributed by atoms with Crippen molar-refractivity contribution in [3.8, 4) is 0 Å². The SMILES string of the molecule is C[C@@H](N)c1scc(Br)c1Br.